The van der Waals surface area contributed by atoms with Crippen molar-refractivity contribution in [1.82, 2.24) is 25.2 Å². The number of nitrogen functional groups attached to an aromatic ring is 1. The Morgan fingerprint density at radius 2 is 1.88 bits per heavy atom. The number of rotatable bonds is 12. The first kappa shape index (κ1) is 30.8. The molecule has 0 radical (unpaired) electrons. The van der Waals surface area contributed by atoms with E-state index in [0.29, 0.717) is 26.3 Å². The molecule has 1 amide bonds. The van der Waals surface area contributed by atoms with Crippen LogP contribution in [0, 0.1) is 0 Å². The Kier molecular flexibility index (Phi) is 9.58. The lowest BCUT2D eigenvalue weighted by molar-refractivity contribution is 0.0406. The molecule has 2 saturated heterocycles. The molecule has 43 heavy (non-hydrogen) atoms. The molecule has 0 aliphatic carbocycles. The molecule has 12 heteroatoms. The molecule has 3 aromatic rings. The van der Waals surface area contributed by atoms with Crippen molar-refractivity contribution in [2.75, 3.05) is 37.9 Å². The number of carbonyl (C=O) groups excluding carboxylic acids is 1. The van der Waals surface area contributed by atoms with E-state index in [1.165, 1.54) is 0 Å². The molecule has 0 spiro atoms. The van der Waals surface area contributed by atoms with E-state index in [1.807, 2.05) is 33.0 Å². The summed E-state index contributed by atoms with van der Waals surface area (Å²) in [4.78, 5) is 21.2. The second-order valence-electron chi connectivity index (χ2n) is 12.2. The summed E-state index contributed by atoms with van der Waals surface area (Å²) in [6, 6.07) is 7.97. The molecule has 2 aliphatic heterocycles. The van der Waals surface area contributed by atoms with Gasteiger partial charge < -0.3 is 45.2 Å². The molecule has 1 aromatic carbocycles. The Hall–Kier alpha value is -3.61. The van der Waals surface area contributed by atoms with Gasteiger partial charge in [-0.15, -0.1) is 0 Å². The Balaban J connectivity index is 1.21. The number of nitrogens with one attached hydrogen (secondary N) is 3. The normalized spacial score (nSPS) is 21.6. The SMILES string of the molecule is CCCCCNc1nc(N)nc2ccn(Cc3ccc(CN[C@H]4CO[C@H]5[C@@H]4OC[C@@H]5NC(=O)OC(C)(C)C)cc3OC)c12. The Bertz CT molecular complexity index is 1410. The molecule has 12 nitrogen and oxygen atoms in total. The summed E-state index contributed by atoms with van der Waals surface area (Å²) in [6.45, 7) is 10.6. The van der Waals surface area contributed by atoms with Crippen LogP contribution in [0.2, 0.25) is 0 Å². The van der Waals surface area contributed by atoms with Crippen molar-refractivity contribution in [3.05, 3.63) is 41.6 Å². The van der Waals surface area contributed by atoms with Crippen LogP contribution in [0.1, 0.15) is 58.1 Å². The Morgan fingerprint density at radius 3 is 2.63 bits per heavy atom. The monoisotopic (exact) mass is 595 g/mol. The van der Waals surface area contributed by atoms with E-state index in [4.69, 9.17) is 24.7 Å². The molecule has 4 heterocycles. The first-order valence-corrected chi connectivity index (χ1v) is 15.1. The molecular weight excluding hydrogens is 550 g/mol. The van der Waals surface area contributed by atoms with E-state index in [9.17, 15) is 4.79 Å². The number of methoxy groups -OCH3 is 1. The molecule has 0 unspecified atom stereocenters. The number of ether oxygens (including phenoxy) is 4. The van der Waals surface area contributed by atoms with Gasteiger partial charge >= 0.3 is 6.09 Å². The van der Waals surface area contributed by atoms with Gasteiger partial charge in [0.1, 0.15) is 29.1 Å². The smallest absolute Gasteiger partial charge is 0.408 e. The highest BCUT2D eigenvalue weighted by Gasteiger charge is 2.48. The van der Waals surface area contributed by atoms with Gasteiger partial charge in [0.25, 0.3) is 0 Å². The Morgan fingerprint density at radius 1 is 1.12 bits per heavy atom. The highest BCUT2D eigenvalue weighted by molar-refractivity contribution is 5.87. The van der Waals surface area contributed by atoms with E-state index in [-0.39, 0.29) is 30.2 Å². The fourth-order valence-electron chi connectivity index (χ4n) is 5.68. The second-order valence-corrected chi connectivity index (χ2v) is 12.2. The van der Waals surface area contributed by atoms with Gasteiger partial charge in [-0.3, -0.25) is 0 Å². The predicted octanol–water partition coefficient (Wildman–Crippen LogP) is 3.82. The molecule has 2 aliphatic rings. The van der Waals surface area contributed by atoms with Gasteiger partial charge in [-0.2, -0.15) is 4.98 Å². The molecule has 4 atom stereocenters. The maximum Gasteiger partial charge on any atom is 0.408 e. The molecule has 234 valence electrons. The topological polar surface area (TPSA) is 147 Å². The number of nitrogens with zero attached hydrogens (tertiary/aromatic N) is 3. The van der Waals surface area contributed by atoms with Crippen molar-refractivity contribution in [3.63, 3.8) is 0 Å². The summed E-state index contributed by atoms with van der Waals surface area (Å²) in [6.07, 6.45) is 4.56. The number of hydrogen-bond donors (Lipinski definition) is 4. The highest BCUT2D eigenvalue weighted by atomic mass is 16.6. The van der Waals surface area contributed by atoms with Crippen LogP contribution in [0.3, 0.4) is 0 Å². The number of alkyl carbamates (subject to hydrolysis) is 1. The largest absolute Gasteiger partial charge is 0.496 e. The van der Waals surface area contributed by atoms with Crippen LogP contribution in [-0.2, 0) is 27.3 Å². The predicted molar refractivity (Wildman–Crippen MR) is 165 cm³/mol. The number of benzene rings is 1. The summed E-state index contributed by atoms with van der Waals surface area (Å²) >= 11 is 0. The van der Waals surface area contributed by atoms with Gasteiger partial charge in [-0.25, -0.2) is 9.78 Å². The van der Waals surface area contributed by atoms with Gasteiger partial charge in [-0.05, 0) is 44.9 Å². The molecule has 2 fully saturated rings. The quantitative estimate of drug-likeness (QED) is 0.228. The van der Waals surface area contributed by atoms with Crippen molar-refractivity contribution in [2.24, 2.45) is 0 Å². The number of unbranched alkanes of at least 4 members (excludes halogenated alkanes) is 2. The molecule has 5 rings (SSSR count). The van der Waals surface area contributed by atoms with Gasteiger partial charge in [0.15, 0.2) is 5.82 Å². The summed E-state index contributed by atoms with van der Waals surface area (Å²) in [5, 5.41) is 9.92. The van der Waals surface area contributed by atoms with Crippen molar-refractivity contribution < 1.29 is 23.7 Å². The fourth-order valence-corrected chi connectivity index (χ4v) is 5.68. The minimum atomic E-state index is -0.563. The number of carbonyl (C=O) groups is 1. The lowest BCUT2D eigenvalue weighted by Gasteiger charge is -2.23. The average molecular weight is 596 g/mol. The van der Waals surface area contributed by atoms with Gasteiger partial charge in [0.05, 0.1) is 44.5 Å². The number of amides is 1. The highest BCUT2D eigenvalue weighted by Crippen LogP contribution is 2.29. The molecule has 0 saturated carbocycles. The van der Waals surface area contributed by atoms with Crippen molar-refractivity contribution in [3.8, 4) is 5.75 Å². The summed E-state index contributed by atoms with van der Waals surface area (Å²) in [5.41, 5.74) is 9.28. The number of hydrogen-bond acceptors (Lipinski definition) is 10. The third-order valence-corrected chi connectivity index (χ3v) is 7.72. The van der Waals surface area contributed by atoms with Crippen LogP contribution in [0.25, 0.3) is 11.0 Å². The van der Waals surface area contributed by atoms with Crippen LogP contribution >= 0.6 is 0 Å². The maximum absolute atomic E-state index is 12.3. The van der Waals surface area contributed by atoms with E-state index in [0.717, 1.165) is 59.5 Å². The van der Waals surface area contributed by atoms with Gasteiger partial charge in [-0.1, -0.05) is 31.9 Å². The number of anilines is 2. The van der Waals surface area contributed by atoms with Crippen LogP contribution in [-0.4, -0.2) is 77.4 Å². The lowest BCUT2D eigenvalue weighted by Crippen LogP contribution is -2.47. The van der Waals surface area contributed by atoms with Gasteiger partial charge in [0.2, 0.25) is 5.95 Å². The van der Waals surface area contributed by atoms with Crippen LogP contribution in [0.4, 0.5) is 16.6 Å². The first-order chi connectivity index (χ1) is 20.6. The van der Waals surface area contributed by atoms with Crippen LogP contribution in [0.5, 0.6) is 5.75 Å². The van der Waals surface area contributed by atoms with E-state index >= 15 is 0 Å². The van der Waals surface area contributed by atoms with E-state index in [1.54, 1.807) is 7.11 Å². The molecule has 5 N–H and O–H groups in total. The molecule has 2 aromatic heterocycles. The average Bonchev–Trinajstić information content (AvgIpc) is 3.66. The fraction of sp³-hybridized carbons (Fsp3) is 0.581. The van der Waals surface area contributed by atoms with Crippen molar-refractivity contribution in [2.45, 2.75) is 89.9 Å². The minimum Gasteiger partial charge on any atom is -0.496 e. The minimum absolute atomic E-state index is 0.00281. The zero-order valence-corrected chi connectivity index (χ0v) is 25.8. The van der Waals surface area contributed by atoms with E-state index < -0.39 is 11.7 Å². The van der Waals surface area contributed by atoms with Crippen LogP contribution < -0.4 is 26.4 Å². The number of aromatic nitrogens is 3. The first-order valence-electron chi connectivity index (χ1n) is 15.1. The second kappa shape index (κ2) is 13.4. The van der Waals surface area contributed by atoms with Gasteiger partial charge in [0, 0.05) is 24.8 Å². The molecular formula is C31H45N7O5. The third-order valence-electron chi connectivity index (χ3n) is 7.72. The van der Waals surface area contributed by atoms with Crippen LogP contribution in [0.15, 0.2) is 30.5 Å². The number of nitrogens with two attached hydrogens (primary N) is 1. The standard InChI is InChI=1S/C31H45N7O5/c1-6-7-8-12-33-28-25-21(35-29(32)37-28)11-13-38(25)16-20-10-9-19(14-24(20)40-5)15-34-22-17-41-27-23(18-42-26(22)27)36-30(39)43-31(2,3)4/h9-11,13-14,22-23,26-27,34H,6-8,12,15-18H2,1-5H3,(H,36,39)(H3,32,33,35,37)/t22-,23-,26+,27+/m0/s1. The zero-order valence-electron chi connectivity index (χ0n) is 25.8. The van der Waals surface area contributed by atoms with Crippen molar-refractivity contribution in [1.29, 1.82) is 0 Å². The third kappa shape index (κ3) is 7.49. The maximum atomic E-state index is 12.3. The summed E-state index contributed by atoms with van der Waals surface area (Å²) in [7, 11) is 1.69. The Labute approximate surface area is 253 Å². The lowest BCUT2D eigenvalue weighted by atomic mass is 10.1. The zero-order chi connectivity index (χ0) is 30.6. The summed E-state index contributed by atoms with van der Waals surface area (Å²) < 4.78 is 25.4. The van der Waals surface area contributed by atoms with Crippen molar-refractivity contribution >= 4 is 28.9 Å². The van der Waals surface area contributed by atoms with E-state index in [2.05, 4.69) is 55.6 Å². The number of fused-ring (bicyclic) bond motifs is 2. The summed E-state index contributed by atoms with van der Waals surface area (Å²) in [5.74, 6) is 1.81. The molecule has 0 bridgehead atoms.